The average molecular weight is 246 g/mol. The number of aromatic nitrogens is 5. The summed E-state index contributed by atoms with van der Waals surface area (Å²) in [6.45, 7) is 4.54. The van der Waals surface area contributed by atoms with Crippen LogP contribution in [-0.2, 0) is 19.6 Å². The molecule has 0 amide bonds. The Balaban J connectivity index is 1.51. The zero-order valence-corrected chi connectivity index (χ0v) is 10.6. The fourth-order valence-corrected chi connectivity index (χ4v) is 1.92. The van der Waals surface area contributed by atoms with E-state index in [1.54, 1.807) is 0 Å². The van der Waals surface area contributed by atoms with E-state index in [4.69, 9.17) is 0 Å². The van der Waals surface area contributed by atoms with Gasteiger partial charge in [-0.2, -0.15) is 0 Å². The number of nitrogens with zero attached hydrogens (tertiary/aromatic N) is 5. The van der Waals surface area contributed by atoms with E-state index in [-0.39, 0.29) is 0 Å². The Morgan fingerprint density at radius 1 is 1.39 bits per heavy atom. The summed E-state index contributed by atoms with van der Waals surface area (Å²) < 4.78 is 4.01. The maximum atomic E-state index is 4.20. The van der Waals surface area contributed by atoms with Crippen molar-refractivity contribution in [1.82, 2.24) is 29.9 Å². The van der Waals surface area contributed by atoms with Crippen LogP contribution in [0.5, 0.6) is 0 Å². The maximum Gasteiger partial charge on any atom is 0.105 e. The highest BCUT2D eigenvalue weighted by Crippen LogP contribution is 2.18. The van der Waals surface area contributed by atoms with Gasteiger partial charge in [-0.05, 0) is 19.8 Å². The molecular weight excluding hydrogens is 228 g/mol. The minimum absolute atomic E-state index is 0.712. The van der Waals surface area contributed by atoms with Gasteiger partial charge >= 0.3 is 0 Å². The molecule has 3 rings (SSSR count). The van der Waals surface area contributed by atoms with Gasteiger partial charge in [0.1, 0.15) is 5.82 Å². The Labute approximate surface area is 106 Å². The third-order valence-corrected chi connectivity index (χ3v) is 3.23. The topological polar surface area (TPSA) is 60.6 Å². The van der Waals surface area contributed by atoms with Crippen LogP contribution < -0.4 is 5.32 Å². The van der Waals surface area contributed by atoms with Gasteiger partial charge in [0.15, 0.2) is 0 Å². The first kappa shape index (κ1) is 11.4. The molecule has 0 radical (unpaired) electrons. The van der Waals surface area contributed by atoms with Gasteiger partial charge in [-0.1, -0.05) is 5.21 Å². The number of imidazole rings is 1. The van der Waals surface area contributed by atoms with E-state index in [0.29, 0.717) is 6.04 Å². The highest BCUT2D eigenvalue weighted by Gasteiger charge is 2.20. The van der Waals surface area contributed by atoms with Crippen LogP contribution in [0.3, 0.4) is 0 Å². The molecule has 0 spiro atoms. The second-order valence-electron chi connectivity index (χ2n) is 4.80. The zero-order valence-electron chi connectivity index (χ0n) is 10.6. The number of hydrogen-bond acceptors (Lipinski definition) is 4. The molecule has 2 aromatic rings. The van der Waals surface area contributed by atoms with Gasteiger partial charge in [0.25, 0.3) is 0 Å². The summed E-state index contributed by atoms with van der Waals surface area (Å²) in [4.78, 5) is 4.20. The van der Waals surface area contributed by atoms with Gasteiger partial charge in [-0.25, -0.2) is 4.98 Å². The van der Waals surface area contributed by atoms with Crippen molar-refractivity contribution in [1.29, 1.82) is 0 Å². The molecule has 0 aliphatic heterocycles. The molecule has 0 unspecified atom stereocenters. The van der Waals surface area contributed by atoms with Crippen LogP contribution >= 0.6 is 0 Å². The standard InChI is InChI=1S/C12H18N6/c1-10-13-4-5-17(10)6-7-18-9-12(15-16-18)8-14-11-2-3-11/h4-5,9,11,14H,2-3,6-8H2,1H3. The lowest BCUT2D eigenvalue weighted by Gasteiger charge is -2.03. The second kappa shape index (κ2) is 4.89. The lowest BCUT2D eigenvalue weighted by atomic mass is 10.4. The first-order valence-electron chi connectivity index (χ1n) is 6.41. The van der Waals surface area contributed by atoms with Crippen molar-refractivity contribution in [3.8, 4) is 0 Å². The summed E-state index contributed by atoms with van der Waals surface area (Å²) in [6.07, 6.45) is 8.42. The van der Waals surface area contributed by atoms with Crippen molar-refractivity contribution in [3.05, 3.63) is 30.1 Å². The quantitative estimate of drug-likeness (QED) is 0.816. The van der Waals surface area contributed by atoms with E-state index in [2.05, 4.69) is 25.2 Å². The van der Waals surface area contributed by atoms with E-state index in [1.165, 1.54) is 12.8 Å². The van der Waals surface area contributed by atoms with Crippen molar-refractivity contribution in [2.45, 2.75) is 45.4 Å². The van der Waals surface area contributed by atoms with Crippen LogP contribution in [0.4, 0.5) is 0 Å². The molecule has 6 nitrogen and oxygen atoms in total. The van der Waals surface area contributed by atoms with Crippen molar-refractivity contribution in [2.24, 2.45) is 0 Å². The molecule has 1 fully saturated rings. The molecule has 0 aromatic carbocycles. The van der Waals surface area contributed by atoms with Crippen molar-refractivity contribution in [3.63, 3.8) is 0 Å². The maximum absolute atomic E-state index is 4.20. The van der Waals surface area contributed by atoms with Crippen LogP contribution in [-0.4, -0.2) is 30.6 Å². The summed E-state index contributed by atoms with van der Waals surface area (Å²) in [6, 6.07) is 0.712. The summed E-state index contributed by atoms with van der Waals surface area (Å²) >= 11 is 0. The molecule has 2 aromatic heterocycles. The largest absolute Gasteiger partial charge is 0.333 e. The molecule has 0 saturated heterocycles. The zero-order chi connectivity index (χ0) is 12.4. The Morgan fingerprint density at radius 3 is 3.00 bits per heavy atom. The van der Waals surface area contributed by atoms with Crippen LogP contribution in [0.2, 0.25) is 0 Å². The van der Waals surface area contributed by atoms with Crippen LogP contribution in [0.1, 0.15) is 24.4 Å². The van der Waals surface area contributed by atoms with Gasteiger partial charge in [0.2, 0.25) is 0 Å². The Morgan fingerprint density at radius 2 is 2.28 bits per heavy atom. The summed E-state index contributed by atoms with van der Waals surface area (Å²) in [5.41, 5.74) is 1.02. The highest BCUT2D eigenvalue weighted by atomic mass is 15.4. The number of hydrogen-bond donors (Lipinski definition) is 1. The van der Waals surface area contributed by atoms with Crippen LogP contribution in [0, 0.1) is 6.92 Å². The highest BCUT2D eigenvalue weighted by molar-refractivity contribution is 4.94. The molecule has 1 aliphatic rings. The van der Waals surface area contributed by atoms with E-state index in [1.807, 2.05) is 30.2 Å². The summed E-state index contributed by atoms with van der Waals surface area (Å²) in [7, 11) is 0. The van der Waals surface area contributed by atoms with E-state index in [9.17, 15) is 0 Å². The van der Waals surface area contributed by atoms with E-state index >= 15 is 0 Å². The Kier molecular flexibility index (Phi) is 3.10. The van der Waals surface area contributed by atoms with Gasteiger partial charge in [0.05, 0.1) is 12.2 Å². The molecular formula is C12H18N6. The van der Waals surface area contributed by atoms with Gasteiger partial charge in [-0.15, -0.1) is 5.10 Å². The van der Waals surface area contributed by atoms with Crippen LogP contribution in [0.15, 0.2) is 18.6 Å². The predicted octanol–water partition coefficient (Wildman–Crippen LogP) is 0.735. The van der Waals surface area contributed by atoms with Gasteiger partial charge < -0.3 is 9.88 Å². The fourth-order valence-electron chi connectivity index (χ4n) is 1.92. The molecule has 1 saturated carbocycles. The number of aryl methyl sites for hydroxylation is 3. The van der Waals surface area contributed by atoms with Gasteiger partial charge in [-0.3, -0.25) is 4.68 Å². The van der Waals surface area contributed by atoms with E-state index < -0.39 is 0 Å². The van der Waals surface area contributed by atoms with Gasteiger partial charge in [0, 0.05) is 37.7 Å². The van der Waals surface area contributed by atoms with Crippen LogP contribution in [0.25, 0.3) is 0 Å². The predicted molar refractivity (Wildman–Crippen MR) is 66.8 cm³/mol. The molecule has 1 N–H and O–H groups in total. The van der Waals surface area contributed by atoms with E-state index in [0.717, 1.165) is 31.2 Å². The minimum atomic E-state index is 0.712. The lowest BCUT2D eigenvalue weighted by molar-refractivity contribution is 0.513. The monoisotopic (exact) mass is 246 g/mol. The number of nitrogens with one attached hydrogen (secondary N) is 1. The minimum Gasteiger partial charge on any atom is -0.333 e. The normalized spacial score (nSPS) is 15.2. The van der Waals surface area contributed by atoms with Crippen molar-refractivity contribution in [2.75, 3.05) is 0 Å². The third kappa shape index (κ3) is 2.76. The smallest absolute Gasteiger partial charge is 0.105 e. The van der Waals surface area contributed by atoms with Crippen molar-refractivity contribution < 1.29 is 0 Å². The molecule has 6 heteroatoms. The molecule has 1 aliphatic carbocycles. The fraction of sp³-hybridized carbons (Fsp3) is 0.583. The third-order valence-electron chi connectivity index (χ3n) is 3.23. The lowest BCUT2D eigenvalue weighted by Crippen LogP contribution is -2.15. The Hall–Kier alpha value is -1.69. The molecule has 18 heavy (non-hydrogen) atoms. The molecule has 0 bridgehead atoms. The summed E-state index contributed by atoms with van der Waals surface area (Å²) in [5.74, 6) is 1.03. The van der Waals surface area contributed by atoms with Crippen molar-refractivity contribution >= 4 is 0 Å². The Bertz CT molecular complexity index is 510. The first-order chi connectivity index (χ1) is 8.81. The average Bonchev–Trinajstić information content (AvgIpc) is 2.94. The molecule has 0 atom stereocenters. The first-order valence-corrected chi connectivity index (χ1v) is 6.41. The molecule has 2 heterocycles. The SMILES string of the molecule is Cc1nccn1CCn1cc(CNC2CC2)nn1. The summed E-state index contributed by atoms with van der Waals surface area (Å²) in [5, 5.41) is 11.7. The second-order valence-corrected chi connectivity index (χ2v) is 4.80. The number of rotatable bonds is 6. The molecule has 96 valence electrons.